The van der Waals surface area contributed by atoms with Crippen molar-refractivity contribution in [2.75, 3.05) is 0 Å². The summed E-state index contributed by atoms with van der Waals surface area (Å²) in [7, 11) is 0. The number of allylic oxidation sites excluding steroid dienone is 3. The SMILES string of the molecule is C=C(CCCCCCC/C=C\C(S)/C=C\CCCCC)Cc1cccc2scc(CCC)c12. The number of thiol groups is 1. The maximum Gasteiger partial charge on any atom is 0.0377 e. The number of aryl methyl sites for hydroxylation is 1. The summed E-state index contributed by atoms with van der Waals surface area (Å²) in [6.07, 6.45) is 26.5. The van der Waals surface area contributed by atoms with Gasteiger partial charge in [0.1, 0.15) is 0 Å². The molecule has 0 N–H and O–H groups in total. The highest BCUT2D eigenvalue weighted by Crippen LogP contribution is 2.31. The van der Waals surface area contributed by atoms with Crippen LogP contribution in [0.2, 0.25) is 0 Å². The Hall–Kier alpha value is -1.25. The van der Waals surface area contributed by atoms with Gasteiger partial charge in [0.05, 0.1) is 0 Å². The Morgan fingerprint density at radius 2 is 1.61 bits per heavy atom. The zero-order chi connectivity index (χ0) is 23.7. The van der Waals surface area contributed by atoms with Gasteiger partial charge in [-0.25, -0.2) is 0 Å². The van der Waals surface area contributed by atoms with E-state index in [1.165, 1.54) is 104 Å². The molecule has 0 radical (unpaired) electrons. The molecule has 0 aliphatic heterocycles. The van der Waals surface area contributed by atoms with Crippen LogP contribution in [0, 0.1) is 0 Å². The zero-order valence-electron chi connectivity index (χ0n) is 21.2. The van der Waals surface area contributed by atoms with Gasteiger partial charge in [-0.05, 0) is 79.3 Å². The summed E-state index contributed by atoms with van der Waals surface area (Å²) in [5.41, 5.74) is 4.40. The van der Waals surface area contributed by atoms with E-state index < -0.39 is 0 Å². The lowest BCUT2D eigenvalue weighted by Gasteiger charge is -2.09. The van der Waals surface area contributed by atoms with Crippen molar-refractivity contribution in [1.82, 2.24) is 0 Å². The average molecular weight is 483 g/mol. The number of benzene rings is 1. The summed E-state index contributed by atoms with van der Waals surface area (Å²) in [5.74, 6) is 0. The van der Waals surface area contributed by atoms with Crippen molar-refractivity contribution in [3.63, 3.8) is 0 Å². The Balaban J connectivity index is 1.56. The lowest BCUT2D eigenvalue weighted by Crippen LogP contribution is -1.93. The van der Waals surface area contributed by atoms with Crippen molar-refractivity contribution in [3.8, 4) is 0 Å². The molecule has 182 valence electrons. The standard InChI is InChI=1S/C31H46S2/c1-4-6-7-11-15-21-29(32)22-16-13-10-8-9-12-14-19-26(3)24-27-20-17-23-30-31(27)28(18-5-2)25-33-30/h15-17,20-23,25,29,32H,3-14,18-19,24H2,1-2H3/b21-15-,22-16-. The van der Waals surface area contributed by atoms with Crippen LogP contribution in [0.4, 0.5) is 0 Å². The number of fused-ring (bicyclic) bond motifs is 1. The minimum Gasteiger partial charge on any atom is -0.168 e. The molecular weight excluding hydrogens is 436 g/mol. The summed E-state index contributed by atoms with van der Waals surface area (Å²) in [5, 5.41) is 4.14. The van der Waals surface area contributed by atoms with Crippen molar-refractivity contribution in [3.05, 3.63) is 71.2 Å². The molecule has 2 heteroatoms. The highest BCUT2D eigenvalue weighted by molar-refractivity contribution is 7.81. The summed E-state index contributed by atoms with van der Waals surface area (Å²) in [4.78, 5) is 0. The Bertz CT molecular complexity index is 855. The van der Waals surface area contributed by atoms with Gasteiger partial charge < -0.3 is 0 Å². The fourth-order valence-corrected chi connectivity index (χ4v) is 5.69. The van der Waals surface area contributed by atoms with Gasteiger partial charge in [0.2, 0.25) is 0 Å². The lowest BCUT2D eigenvalue weighted by atomic mass is 9.96. The number of hydrogen-bond acceptors (Lipinski definition) is 2. The quantitative estimate of drug-likeness (QED) is 0.122. The molecule has 1 heterocycles. The fourth-order valence-electron chi connectivity index (χ4n) is 4.41. The number of hydrogen-bond donors (Lipinski definition) is 1. The van der Waals surface area contributed by atoms with Gasteiger partial charge in [-0.3, -0.25) is 0 Å². The van der Waals surface area contributed by atoms with E-state index in [0.717, 1.165) is 12.8 Å². The molecule has 33 heavy (non-hydrogen) atoms. The van der Waals surface area contributed by atoms with Crippen LogP contribution in [-0.2, 0) is 12.8 Å². The number of rotatable bonds is 18. The maximum atomic E-state index is 4.63. The van der Waals surface area contributed by atoms with E-state index in [2.05, 4.69) is 80.9 Å². The van der Waals surface area contributed by atoms with Crippen molar-refractivity contribution in [2.45, 2.75) is 109 Å². The van der Waals surface area contributed by atoms with Crippen LogP contribution in [0.25, 0.3) is 10.1 Å². The summed E-state index contributed by atoms with van der Waals surface area (Å²) in [6, 6.07) is 6.79. The van der Waals surface area contributed by atoms with E-state index in [1.807, 2.05) is 11.3 Å². The summed E-state index contributed by atoms with van der Waals surface area (Å²) in [6.45, 7) is 8.93. The molecule has 2 aromatic rings. The lowest BCUT2D eigenvalue weighted by molar-refractivity contribution is 0.614. The van der Waals surface area contributed by atoms with Crippen LogP contribution in [-0.4, -0.2) is 5.25 Å². The third-order valence-corrected chi connectivity index (χ3v) is 7.60. The highest BCUT2D eigenvalue weighted by atomic mass is 32.1. The largest absolute Gasteiger partial charge is 0.168 e. The van der Waals surface area contributed by atoms with Crippen LogP contribution in [0.1, 0.15) is 102 Å². The third-order valence-electron chi connectivity index (χ3n) is 6.26. The van der Waals surface area contributed by atoms with E-state index in [1.54, 1.807) is 0 Å². The average Bonchev–Trinajstić information content (AvgIpc) is 3.22. The second-order valence-corrected chi connectivity index (χ2v) is 10.9. The van der Waals surface area contributed by atoms with Gasteiger partial charge in [0.25, 0.3) is 0 Å². The molecule has 0 amide bonds. The van der Waals surface area contributed by atoms with Crippen LogP contribution in [0.15, 0.2) is 60.0 Å². The molecule has 0 fully saturated rings. The molecule has 1 unspecified atom stereocenters. The zero-order valence-corrected chi connectivity index (χ0v) is 22.9. The molecule has 0 saturated carbocycles. The van der Waals surface area contributed by atoms with Gasteiger partial charge >= 0.3 is 0 Å². The predicted octanol–water partition coefficient (Wildman–Crippen LogP) is 10.7. The summed E-state index contributed by atoms with van der Waals surface area (Å²) < 4.78 is 1.44. The fraction of sp³-hybridized carbons (Fsp3) is 0.548. The highest BCUT2D eigenvalue weighted by Gasteiger charge is 2.09. The molecule has 2 rings (SSSR count). The van der Waals surface area contributed by atoms with Gasteiger partial charge in [-0.2, -0.15) is 12.6 Å². The van der Waals surface area contributed by atoms with E-state index in [0.29, 0.717) is 0 Å². The van der Waals surface area contributed by atoms with Crippen LogP contribution < -0.4 is 0 Å². The second-order valence-electron chi connectivity index (χ2n) is 9.38. The molecule has 0 spiro atoms. The van der Waals surface area contributed by atoms with E-state index >= 15 is 0 Å². The number of unbranched alkanes of at least 4 members (excludes halogenated alkanes) is 8. The van der Waals surface area contributed by atoms with Gasteiger partial charge in [-0.15, -0.1) is 11.3 Å². The van der Waals surface area contributed by atoms with E-state index in [9.17, 15) is 0 Å². The van der Waals surface area contributed by atoms with Crippen LogP contribution >= 0.6 is 24.0 Å². The normalized spacial score (nSPS) is 12.9. The topological polar surface area (TPSA) is 0 Å². The third kappa shape index (κ3) is 11.1. The number of thiophene rings is 1. The molecule has 1 aromatic carbocycles. The van der Waals surface area contributed by atoms with Crippen LogP contribution in [0.5, 0.6) is 0 Å². The Morgan fingerprint density at radius 3 is 2.33 bits per heavy atom. The smallest absolute Gasteiger partial charge is 0.0377 e. The Kier molecular flexibility index (Phi) is 14.6. The molecule has 0 saturated heterocycles. The molecule has 1 aromatic heterocycles. The molecular formula is C31H46S2. The van der Waals surface area contributed by atoms with Crippen molar-refractivity contribution in [2.24, 2.45) is 0 Å². The van der Waals surface area contributed by atoms with Crippen molar-refractivity contribution >= 4 is 34.1 Å². The molecule has 0 aliphatic rings. The maximum absolute atomic E-state index is 4.63. The van der Waals surface area contributed by atoms with Gasteiger partial charge in [0, 0.05) is 9.95 Å². The molecule has 0 aliphatic carbocycles. The minimum absolute atomic E-state index is 0.274. The van der Waals surface area contributed by atoms with E-state index in [-0.39, 0.29) is 5.25 Å². The molecule has 1 atom stereocenters. The Labute approximate surface area is 213 Å². The Morgan fingerprint density at radius 1 is 0.909 bits per heavy atom. The molecule has 0 nitrogen and oxygen atoms in total. The second kappa shape index (κ2) is 17.2. The predicted molar refractivity (Wildman–Crippen MR) is 156 cm³/mol. The first-order valence-corrected chi connectivity index (χ1v) is 14.7. The first-order chi connectivity index (χ1) is 16.2. The van der Waals surface area contributed by atoms with E-state index in [4.69, 9.17) is 0 Å². The first kappa shape index (κ1) is 28.0. The summed E-state index contributed by atoms with van der Waals surface area (Å²) >= 11 is 6.52. The molecule has 0 bridgehead atoms. The minimum atomic E-state index is 0.274. The first-order valence-electron chi connectivity index (χ1n) is 13.3. The van der Waals surface area contributed by atoms with Crippen molar-refractivity contribution in [1.29, 1.82) is 0 Å². The van der Waals surface area contributed by atoms with Gasteiger partial charge in [-0.1, -0.05) is 101 Å². The van der Waals surface area contributed by atoms with Crippen LogP contribution in [0.3, 0.4) is 0 Å². The van der Waals surface area contributed by atoms with Crippen molar-refractivity contribution < 1.29 is 0 Å². The van der Waals surface area contributed by atoms with Gasteiger partial charge in [0.15, 0.2) is 0 Å². The monoisotopic (exact) mass is 482 g/mol.